The molecule has 1 N–H and O–H groups in total. The maximum Gasteiger partial charge on any atom is 0.375 e. The van der Waals surface area contributed by atoms with E-state index in [0.29, 0.717) is 17.8 Å². The van der Waals surface area contributed by atoms with Crippen LogP contribution in [-0.4, -0.2) is 57.1 Å². The highest BCUT2D eigenvalue weighted by Crippen LogP contribution is 2.72. The lowest BCUT2D eigenvalue weighted by Gasteiger charge is -2.63. The molecule has 9 atom stereocenters. The predicted molar refractivity (Wildman–Crippen MR) is 158 cm³/mol. The highest BCUT2D eigenvalue weighted by atomic mass is 32.2. The van der Waals surface area contributed by atoms with Crippen molar-refractivity contribution in [1.29, 1.82) is 0 Å². The molecular weight excluding hydrogens is 628 g/mol. The maximum absolute atomic E-state index is 17.7. The molecule has 3 saturated carbocycles. The average molecular weight is 661 g/mol. The fourth-order valence-corrected chi connectivity index (χ4v) is 9.95. The Morgan fingerprint density at radius 1 is 1.13 bits per heavy atom. The van der Waals surface area contributed by atoms with E-state index in [4.69, 9.17) is 9.15 Å². The van der Waals surface area contributed by atoms with Crippen LogP contribution in [0.5, 0.6) is 0 Å². The molecular formula is C34H32F4O7S. The summed E-state index contributed by atoms with van der Waals surface area (Å²) in [6.45, 7) is 4.68. The number of carbonyl (C=O) groups is 4. The first-order chi connectivity index (χ1) is 21.6. The number of alkyl halides is 2. The van der Waals surface area contributed by atoms with Crippen LogP contribution in [-0.2, 0) is 14.3 Å². The second-order valence-corrected chi connectivity index (χ2v) is 14.2. The third kappa shape index (κ3) is 4.42. The van der Waals surface area contributed by atoms with Crippen LogP contribution < -0.4 is 0 Å². The number of rotatable bonds is 6. The van der Waals surface area contributed by atoms with Gasteiger partial charge in [-0.1, -0.05) is 31.7 Å². The van der Waals surface area contributed by atoms with E-state index in [1.807, 2.05) is 0 Å². The fraction of sp³-hybridized carbons (Fsp3) is 0.471. The molecule has 0 aliphatic heterocycles. The summed E-state index contributed by atoms with van der Waals surface area (Å²) in [4.78, 5) is 52.9. The van der Waals surface area contributed by atoms with Gasteiger partial charge in [0.1, 0.15) is 17.8 Å². The smallest absolute Gasteiger partial charge is 0.375 e. The molecule has 4 aliphatic carbocycles. The molecule has 12 heteroatoms. The van der Waals surface area contributed by atoms with Crippen LogP contribution in [0.25, 0.3) is 0 Å². The summed E-state index contributed by atoms with van der Waals surface area (Å²) in [7, 11) is 0. The number of furan rings is 1. The van der Waals surface area contributed by atoms with Gasteiger partial charge in [0.15, 0.2) is 22.8 Å². The van der Waals surface area contributed by atoms with Crippen LogP contribution in [0.4, 0.5) is 17.6 Å². The third-order valence-electron chi connectivity index (χ3n) is 11.0. The van der Waals surface area contributed by atoms with Gasteiger partial charge in [-0.3, -0.25) is 14.4 Å². The van der Waals surface area contributed by atoms with Crippen LogP contribution in [0.1, 0.15) is 60.9 Å². The van der Waals surface area contributed by atoms with Gasteiger partial charge < -0.3 is 14.3 Å². The molecule has 1 aromatic heterocycles. The summed E-state index contributed by atoms with van der Waals surface area (Å²) >= 11 is 0.470. The van der Waals surface area contributed by atoms with Gasteiger partial charge >= 0.3 is 5.97 Å². The lowest BCUT2D eigenvalue weighted by atomic mass is 9.44. The van der Waals surface area contributed by atoms with Gasteiger partial charge in [0.05, 0.1) is 23.7 Å². The number of thioether (sulfide) groups is 1. The van der Waals surface area contributed by atoms with Crippen molar-refractivity contribution < 1.29 is 51.0 Å². The van der Waals surface area contributed by atoms with Crippen molar-refractivity contribution in [3.8, 4) is 0 Å². The predicted octanol–water partition coefficient (Wildman–Crippen LogP) is 6.16. The quantitative estimate of drug-likeness (QED) is 0.223. The van der Waals surface area contributed by atoms with Crippen LogP contribution >= 0.6 is 11.8 Å². The Morgan fingerprint density at radius 3 is 2.54 bits per heavy atom. The number of aliphatic hydroxyl groups excluding tert-OH is 1. The molecule has 46 heavy (non-hydrogen) atoms. The standard InChI is InChI=1S/C34H32F4O7S/c1-17-11-21-22-14-25(37)23-13-19(39)8-9-31(23,2)33(22,38)28(41)15-32(21,3)34(17,45-29(42)27-5-4-10-44-27)30(43)46-16-26(40)20-7-6-18(35)12-24(20)36/h4-10,12-13,17,21-22,25,28,41H,11,14-16H2,1-3H3/t17-,21+,22+,25+,28+,31+,32+,33+,34+/m1/s1. The summed E-state index contributed by atoms with van der Waals surface area (Å²) in [5.41, 5.74) is -8.11. The monoisotopic (exact) mass is 660 g/mol. The molecule has 0 radical (unpaired) electrons. The lowest BCUT2D eigenvalue weighted by molar-refractivity contribution is -0.221. The van der Waals surface area contributed by atoms with Gasteiger partial charge in [-0.05, 0) is 74.1 Å². The van der Waals surface area contributed by atoms with E-state index >= 15 is 8.78 Å². The SMILES string of the molecule is C[C@@H]1C[C@H]2[C@@H]3C[C@H](F)C4=CC(=O)C=C[C@]4(C)[C@@]3(F)[C@@H](O)C[C@]2(C)[C@@]1(OC(=O)c1ccco1)C(=O)SCC(=O)c1ccc(F)cc1F. The molecule has 244 valence electrons. The first-order valence-electron chi connectivity index (χ1n) is 15.0. The van der Waals surface area contributed by atoms with Crippen LogP contribution in [0.3, 0.4) is 0 Å². The van der Waals surface area contributed by atoms with Gasteiger partial charge in [-0.25, -0.2) is 22.4 Å². The van der Waals surface area contributed by atoms with E-state index in [9.17, 15) is 33.1 Å². The van der Waals surface area contributed by atoms with E-state index in [-0.39, 0.29) is 30.6 Å². The molecule has 0 unspecified atom stereocenters. The number of allylic oxidation sites excluding steroid dienone is 4. The van der Waals surface area contributed by atoms with Gasteiger partial charge in [-0.15, -0.1) is 0 Å². The van der Waals surface area contributed by atoms with Gasteiger partial charge in [0, 0.05) is 28.7 Å². The Bertz CT molecular complexity index is 1690. The molecule has 0 amide bonds. The topological polar surface area (TPSA) is 111 Å². The zero-order valence-electron chi connectivity index (χ0n) is 25.2. The van der Waals surface area contributed by atoms with E-state index in [2.05, 4.69) is 0 Å². The number of fused-ring (bicyclic) bond motifs is 5. The number of halogens is 4. The molecule has 6 rings (SSSR count). The summed E-state index contributed by atoms with van der Waals surface area (Å²) in [5.74, 6) is -7.87. The van der Waals surface area contributed by atoms with Crippen LogP contribution in [0.2, 0.25) is 0 Å². The van der Waals surface area contributed by atoms with E-state index in [1.165, 1.54) is 31.4 Å². The number of ether oxygens (including phenoxy) is 1. The zero-order valence-corrected chi connectivity index (χ0v) is 26.0. The van der Waals surface area contributed by atoms with Crippen molar-refractivity contribution >= 4 is 34.4 Å². The van der Waals surface area contributed by atoms with Gasteiger partial charge in [-0.2, -0.15) is 0 Å². The Hall–Kier alpha value is -3.51. The number of esters is 1. The second-order valence-electron chi connectivity index (χ2n) is 13.2. The number of hydrogen-bond acceptors (Lipinski definition) is 8. The minimum Gasteiger partial charge on any atom is -0.457 e. The van der Waals surface area contributed by atoms with Crippen LogP contribution in [0.15, 0.2) is 64.8 Å². The molecule has 0 spiro atoms. The lowest BCUT2D eigenvalue weighted by Crippen LogP contribution is -2.70. The van der Waals surface area contributed by atoms with Crippen LogP contribution in [0, 0.1) is 40.2 Å². The maximum atomic E-state index is 17.7. The number of hydrogen-bond donors (Lipinski definition) is 1. The van der Waals surface area contributed by atoms with Crippen molar-refractivity contribution in [3.63, 3.8) is 0 Å². The summed E-state index contributed by atoms with van der Waals surface area (Å²) in [5, 5.41) is 10.9. The van der Waals surface area contributed by atoms with E-state index in [0.717, 1.165) is 24.3 Å². The molecule has 0 saturated heterocycles. The molecule has 3 fully saturated rings. The summed E-state index contributed by atoms with van der Waals surface area (Å²) in [6.07, 6.45) is 0.622. The first-order valence-corrected chi connectivity index (χ1v) is 16.0. The van der Waals surface area contributed by atoms with Crippen molar-refractivity contribution in [3.05, 3.63) is 83.4 Å². The number of benzene rings is 1. The molecule has 0 bridgehead atoms. The van der Waals surface area contributed by atoms with E-state index < -0.39 is 97.7 Å². The van der Waals surface area contributed by atoms with Gasteiger partial charge in [0.25, 0.3) is 0 Å². The van der Waals surface area contributed by atoms with Crippen molar-refractivity contribution in [2.24, 2.45) is 28.6 Å². The largest absolute Gasteiger partial charge is 0.457 e. The van der Waals surface area contributed by atoms with Crippen molar-refractivity contribution in [2.45, 2.75) is 63.6 Å². The number of aliphatic hydroxyl groups is 1. The Labute approximate surface area is 266 Å². The number of ketones is 2. The number of carbonyl (C=O) groups excluding carboxylic acids is 4. The number of Topliss-reactive ketones (excluding diaryl/α,β-unsaturated/α-hetero) is 1. The Kier molecular flexibility index (Phi) is 7.78. The zero-order chi connectivity index (χ0) is 33.4. The van der Waals surface area contributed by atoms with E-state index in [1.54, 1.807) is 13.8 Å². The molecule has 4 aliphatic rings. The average Bonchev–Trinajstić information content (AvgIpc) is 3.61. The highest BCUT2D eigenvalue weighted by molar-refractivity contribution is 8.14. The fourth-order valence-electron chi connectivity index (χ4n) is 8.84. The first kappa shape index (κ1) is 32.4. The highest BCUT2D eigenvalue weighted by Gasteiger charge is 2.78. The van der Waals surface area contributed by atoms with Crippen molar-refractivity contribution in [1.82, 2.24) is 0 Å². The minimum absolute atomic E-state index is 0.0545. The minimum atomic E-state index is -2.43. The van der Waals surface area contributed by atoms with Crippen molar-refractivity contribution in [2.75, 3.05) is 5.75 Å². The Morgan fingerprint density at radius 2 is 1.87 bits per heavy atom. The van der Waals surface area contributed by atoms with Gasteiger partial charge in [0.2, 0.25) is 10.9 Å². The second kappa shape index (κ2) is 11.0. The molecule has 2 aromatic rings. The third-order valence-corrected chi connectivity index (χ3v) is 12.0. The molecule has 1 aromatic carbocycles. The molecule has 7 nitrogen and oxygen atoms in total. The summed E-state index contributed by atoms with van der Waals surface area (Å²) in [6, 6.07) is 5.19. The summed E-state index contributed by atoms with van der Waals surface area (Å²) < 4.78 is 72.6. The molecule has 1 heterocycles. The Balaban J connectivity index is 1.40. The normalized spacial score (nSPS) is 38.0.